The van der Waals surface area contributed by atoms with Crippen LogP contribution in [0.2, 0.25) is 0 Å². The monoisotopic (exact) mass is 481 g/mol. The molecule has 0 bridgehead atoms. The molecule has 34 heavy (non-hydrogen) atoms. The molecular formula is C24H20KN5O4. The Hall–Kier alpha value is -2.89. The van der Waals surface area contributed by atoms with Gasteiger partial charge in [0.2, 0.25) is 0 Å². The van der Waals surface area contributed by atoms with Crippen LogP contribution in [0, 0.1) is 0 Å². The van der Waals surface area contributed by atoms with E-state index in [1.165, 1.54) is 12.4 Å². The smallest absolute Gasteiger partial charge is 0.639 e. The van der Waals surface area contributed by atoms with Gasteiger partial charge in [0.1, 0.15) is 17.2 Å². The van der Waals surface area contributed by atoms with Gasteiger partial charge in [-0.05, 0) is 36.4 Å². The summed E-state index contributed by atoms with van der Waals surface area (Å²) in [5.74, 6) is 0.884. The number of aromatic nitrogens is 4. The molecule has 4 aromatic rings. The number of nitrogens with one attached hydrogen (secondary N) is 1. The Bertz CT molecular complexity index is 1250. The largest absolute Gasteiger partial charge is 1.00 e. The fourth-order valence-electron chi connectivity index (χ4n) is 3.21. The molecule has 4 rings (SSSR count). The van der Waals surface area contributed by atoms with Crippen LogP contribution < -0.4 is 66.4 Å². The number of amides is 1. The van der Waals surface area contributed by atoms with Gasteiger partial charge in [-0.2, -0.15) is 5.10 Å². The number of ether oxygens (including phenoxy) is 2. The minimum Gasteiger partial charge on any atom is -0.639 e. The van der Waals surface area contributed by atoms with Crippen molar-refractivity contribution in [1.82, 2.24) is 20.2 Å². The zero-order valence-electron chi connectivity index (χ0n) is 18.9. The van der Waals surface area contributed by atoms with E-state index in [0.717, 1.165) is 11.1 Å². The Balaban J connectivity index is 0.00000324. The first-order valence-electron chi connectivity index (χ1n) is 9.99. The molecule has 0 fully saturated rings. The summed E-state index contributed by atoms with van der Waals surface area (Å²) >= 11 is 0. The molecule has 0 aliphatic carbocycles. The van der Waals surface area contributed by atoms with E-state index >= 15 is 0 Å². The number of carbonyl (C=O) groups is 1. The van der Waals surface area contributed by atoms with E-state index in [4.69, 9.17) is 9.47 Å². The summed E-state index contributed by atoms with van der Waals surface area (Å²) in [7, 11) is 3.15. The minimum atomic E-state index is -0.689. The van der Waals surface area contributed by atoms with Crippen molar-refractivity contribution in [3.05, 3.63) is 105 Å². The van der Waals surface area contributed by atoms with Crippen molar-refractivity contribution in [2.45, 2.75) is 6.04 Å². The van der Waals surface area contributed by atoms with Crippen molar-refractivity contribution < 1.29 is 65.7 Å². The topological polar surface area (TPSA) is 121 Å². The molecule has 166 valence electrons. The van der Waals surface area contributed by atoms with Crippen LogP contribution in [0.4, 0.5) is 0 Å². The summed E-state index contributed by atoms with van der Waals surface area (Å²) in [5, 5.41) is 12.0. The maximum absolute atomic E-state index is 13.0. The SMILES string of the molecule is COc1ccc(C([N-]C(=O)c2cnc(-c3cccnn3)[nH]c2=O)c2ccc(OC)cc2)cc1.[K+]. The van der Waals surface area contributed by atoms with Gasteiger partial charge in [0.15, 0.2) is 5.82 Å². The fraction of sp³-hybridized carbons (Fsp3) is 0.125. The molecule has 0 unspecified atom stereocenters. The first-order valence-corrected chi connectivity index (χ1v) is 9.99. The van der Waals surface area contributed by atoms with E-state index in [-0.39, 0.29) is 62.8 Å². The summed E-state index contributed by atoms with van der Waals surface area (Å²) < 4.78 is 10.4. The summed E-state index contributed by atoms with van der Waals surface area (Å²) in [6, 6.07) is 17.1. The average molecular weight is 482 g/mol. The predicted octanol–water partition coefficient (Wildman–Crippen LogP) is 0.552. The van der Waals surface area contributed by atoms with Gasteiger partial charge in [-0.15, -0.1) is 5.10 Å². The van der Waals surface area contributed by atoms with Gasteiger partial charge in [-0.3, -0.25) is 4.79 Å². The molecule has 0 atom stereocenters. The van der Waals surface area contributed by atoms with Crippen molar-refractivity contribution in [3.63, 3.8) is 0 Å². The molecule has 0 aliphatic heterocycles. The number of aromatic amines is 1. The number of rotatable bonds is 7. The van der Waals surface area contributed by atoms with Crippen LogP contribution in [-0.2, 0) is 0 Å². The number of methoxy groups -OCH3 is 2. The van der Waals surface area contributed by atoms with E-state index in [0.29, 0.717) is 17.2 Å². The third-order valence-electron chi connectivity index (χ3n) is 4.95. The molecule has 2 heterocycles. The zero-order valence-corrected chi connectivity index (χ0v) is 22.1. The molecule has 1 amide bonds. The summed E-state index contributed by atoms with van der Waals surface area (Å²) in [4.78, 5) is 32.4. The Kier molecular flexibility index (Phi) is 9.08. The Morgan fingerprint density at radius 3 is 2.00 bits per heavy atom. The van der Waals surface area contributed by atoms with Crippen molar-refractivity contribution in [3.8, 4) is 23.0 Å². The molecule has 10 heteroatoms. The molecule has 2 aromatic heterocycles. The number of hydrogen-bond donors (Lipinski definition) is 1. The fourth-order valence-corrected chi connectivity index (χ4v) is 3.21. The number of hydrogen-bond acceptors (Lipinski definition) is 7. The summed E-state index contributed by atoms with van der Waals surface area (Å²) in [6.07, 6.45) is 2.71. The van der Waals surface area contributed by atoms with Gasteiger partial charge in [0.25, 0.3) is 5.56 Å². The number of carbonyl (C=O) groups excluding carboxylic acids is 1. The van der Waals surface area contributed by atoms with Gasteiger partial charge in [-0.25, -0.2) is 4.98 Å². The third kappa shape index (κ3) is 5.96. The molecule has 0 saturated carbocycles. The standard InChI is InChI=1S/C24H21N5O4.K/c1-32-17-9-5-15(6-10-17)21(16-7-11-18(33-2)12-8-16)27-23(30)19-14-25-22(28-24(19)31)20-4-3-13-26-29-20;/h3-14,21H,1-2H3,(H2,25,27,28,30,31);/q;+1/p-1. The van der Waals surface area contributed by atoms with Gasteiger partial charge in [0.05, 0.1) is 25.7 Å². The normalized spacial score (nSPS) is 10.3. The Labute approximate surface area is 238 Å². The molecule has 9 nitrogen and oxygen atoms in total. The first kappa shape index (κ1) is 25.7. The second kappa shape index (κ2) is 12.0. The average Bonchev–Trinajstić information content (AvgIpc) is 2.88. The maximum atomic E-state index is 13.0. The second-order valence-electron chi connectivity index (χ2n) is 6.97. The van der Waals surface area contributed by atoms with E-state index in [2.05, 4.69) is 25.5 Å². The van der Waals surface area contributed by atoms with E-state index in [1.54, 1.807) is 50.6 Å². The Morgan fingerprint density at radius 1 is 0.941 bits per heavy atom. The number of H-pyrrole nitrogens is 1. The Morgan fingerprint density at radius 2 is 1.53 bits per heavy atom. The zero-order chi connectivity index (χ0) is 23.2. The van der Waals surface area contributed by atoms with Crippen LogP contribution in [0.15, 0.2) is 77.9 Å². The number of benzene rings is 2. The molecule has 1 N–H and O–H groups in total. The van der Waals surface area contributed by atoms with Crippen molar-refractivity contribution in [2.75, 3.05) is 14.2 Å². The van der Waals surface area contributed by atoms with Crippen LogP contribution in [0.5, 0.6) is 11.5 Å². The molecule has 0 spiro atoms. The van der Waals surface area contributed by atoms with Crippen LogP contribution >= 0.6 is 0 Å². The molecule has 2 aromatic carbocycles. The first-order chi connectivity index (χ1) is 16.1. The summed E-state index contributed by atoms with van der Waals surface area (Å²) in [5.41, 5.74) is 1.13. The number of nitrogens with zero attached hydrogens (tertiary/aromatic N) is 4. The third-order valence-corrected chi connectivity index (χ3v) is 4.95. The van der Waals surface area contributed by atoms with Gasteiger partial charge in [-0.1, -0.05) is 41.4 Å². The maximum Gasteiger partial charge on any atom is 1.00 e. The van der Waals surface area contributed by atoms with Crippen molar-refractivity contribution in [2.24, 2.45) is 0 Å². The molecule has 0 aliphatic rings. The van der Waals surface area contributed by atoms with Crippen LogP contribution in [-0.4, -0.2) is 40.3 Å². The molecular weight excluding hydrogens is 461 g/mol. The van der Waals surface area contributed by atoms with E-state index < -0.39 is 17.5 Å². The van der Waals surface area contributed by atoms with Crippen LogP contribution in [0.25, 0.3) is 16.8 Å². The van der Waals surface area contributed by atoms with Crippen molar-refractivity contribution in [1.29, 1.82) is 0 Å². The quantitative estimate of drug-likeness (QED) is 0.383. The molecule has 0 radical (unpaired) electrons. The predicted molar refractivity (Wildman–Crippen MR) is 121 cm³/mol. The van der Waals surface area contributed by atoms with Crippen molar-refractivity contribution >= 4 is 5.91 Å². The van der Waals surface area contributed by atoms with Gasteiger partial charge >= 0.3 is 51.4 Å². The van der Waals surface area contributed by atoms with Crippen LogP contribution in [0.1, 0.15) is 27.5 Å². The van der Waals surface area contributed by atoms with Gasteiger partial charge in [0, 0.05) is 12.4 Å². The summed E-state index contributed by atoms with van der Waals surface area (Å²) in [6.45, 7) is 0. The van der Waals surface area contributed by atoms with Gasteiger partial charge < -0.3 is 24.6 Å². The molecule has 0 saturated heterocycles. The van der Waals surface area contributed by atoms with Crippen LogP contribution in [0.3, 0.4) is 0 Å². The van der Waals surface area contributed by atoms with E-state index in [1.807, 2.05) is 24.3 Å². The minimum absolute atomic E-state index is 0. The second-order valence-corrected chi connectivity index (χ2v) is 6.97. The van der Waals surface area contributed by atoms with E-state index in [9.17, 15) is 9.59 Å².